The zero-order chi connectivity index (χ0) is 13.4. The van der Waals surface area contributed by atoms with E-state index in [1.54, 1.807) is 12.1 Å². The summed E-state index contributed by atoms with van der Waals surface area (Å²) in [5.74, 6) is -0.805. The molecule has 100 valence electrons. The van der Waals surface area contributed by atoms with Gasteiger partial charge in [-0.15, -0.1) is 0 Å². The van der Waals surface area contributed by atoms with Crippen LogP contribution in [0.5, 0.6) is 0 Å². The van der Waals surface area contributed by atoms with Crippen LogP contribution in [0.1, 0.15) is 32.6 Å². The van der Waals surface area contributed by atoms with E-state index < -0.39 is 5.97 Å². The lowest BCUT2D eigenvalue weighted by Gasteiger charge is -2.22. The lowest BCUT2D eigenvalue weighted by molar-refractivity contribution is -0.135. The molecule has 0 saturated carbocycles. The zero-order valence-corrected chi connectivity index (χ0v) is 11.5. The molecule has 0 spiro atoms. The molecule has 0 fully saturated rings. The van der Waals surface area contributed by atoms with Gasteiger partial charge in [0.15, 0.2) is 0 Å². The first-order valence-corrected chi connectivity index (χ1v) is 6.73. The molecule has 18 heavy (non-hydrogen) atoms. The molecule has 0 aliphatic heterocycles. The van der Waals surface area contributed by atoms with Crippen LogP contribution in [0.15, 0.2) is 24.3 Å². The first kappa shape index (κ1) is 14.8. The van der Waals surface area contributed by atoms with Crippen molar-refractivity contribution < 1.29 is 9.90 Å². The monoisotopic (exact) mass is 269 g/mol. The molecule has 0 saturated heterocycles. The van der Waals surface area contributed by atoms with E-state index in [9.17, 15) is 4.79 Å². The predicted molar refractivity (Wildman–Crippen MR) is 75.4 cm³/mol. The van der Waals surface area contributed by atoms with E-state index in [1.807, 2.05) is 17.0 Å². The minimum absolute atomic E-state index is 0.0355. The molecule has 0 heterocycles. The molecular formula is C14H20ClNO2. The first-order chi connectivity index (χ1) is 8.63. The van der Waals surface area contributed by atoms with Crippen LogP contribution in [-0.2, 0) is 4.79 Å². The Bertz CT molecular complexity index is 365. The van der Waals surface area contributed by atoms with Crippen molar-refractivity contribution in [1.82, 2.24) is 0 Å². The second kappa shape index (κ2) is 7.98. The molecule has 0 aliphatic rings. The fraction of sp³-hybridized carbons (Fsp3) is 0.500. The third-order valence-electron chi connectivity index (χ3n) is 2.80. The van der Waals surface area contributed by atoms with Crippen molar-refractivity contribution in [3.63, 3.8) is 0 Å². The maximum absolute atomic E-state index is 10.9. The van der Waals surface area contributed by atoms with E-state index in [1.165, 1.54) is 12.8 Å². The summed E-state index contributed by atoms with van der Waals surface area (Å²) >= 11 is 5.83. The van der Waals surface area contributed by atoms with Gasteiger partial charge < -0.3 is 10.0 Å². The number of aliphatic carboxylic acids is 1. The van der Waals surface area contributed by atoms with Gasteiger partial charge in [-0.3, -0.25) is 4.79 Å². The van der Waals surface area contributed by atoms with Crippen LogP contribution in [-0.4, -0.2) is 24.2 Å². The van der Waals surface area contributed by atoms with Gasteiger partial charge in [0.05, 0.1) is 0 Å². The molecule has 1 aromatic rings. The van der Waals surface area contributed by atoms with Gasteiger partial charge in [0, 0.05) is 17.3 Å². The third kappa shape index (κ3) is 5.41. The predicted octanol–water partition coefficient (Wildman–Crippen LogP) is 3.81. The molecule has 0 atom stereocenters. The van der Waals surface area contributed by atoms with Crippen LogP contribution in [0.4, 0.5) is 5.69 Å². The molecule has 4 heteroatoms. The minimum Gasteiger partial charge on any atom is -0.480 e. The topological polar surface area (TPSA) is 40.5 Å². The van der Waals surface area contributed by atoms with Crippen molar-refractivity contribution in [2.24, 2.45) is 0 Å². The van der Waals surface area contributed by atoms with Gasteiger partial charge in [-0.25, -0.2) is 0 Å². The van der Waals surface area contributed by atoms with Crippen LogP contribution in [0.2, 0.25) is 5.02 Å². The summed E-state index contributed by atoms with van der Waals surface area (Å²) in [5.41, 5.74) is 0.915. The number of benzene rings is 1. The number of rotatable bonds is 8. The van der Waals surface area contributed by atoms with E-state index in [-0.39, 0.29) is 6.54 Å². The molecule has 1 N–H and O–H groups in total. The molecular weight excluding hydrogens is 250 g/mol. The van der Waals surface area contributed by atoms with Gasteiger partial charge in [0.1, 0.15) is 6.54 Å². The number of nitrogens with zero attached hydrogens (tertiary/aromatic N) is 1. The smallest absolute Gasteiger partial charge is 0.323 e. The highest BCUT2D eigenvalue weighted by atomic mass is 35.5. The molecule has 0 radical (unpaired) electrons. The summed E-state index contributed by atoms with van der Waals surface area (Å²) in [6.07, 6.45) is 4.53. The Hall–Kier alpha value is -1.22. The number of hydrogen-bond donors (Lipinski definition) is 1. The summed E-state index contributed by atoms with van der Waals surface area (Å²) in [5, 5.41) is 9.60. The van der Waals surface area contributed by atoms with Gasteiger partial charge in [-0.1, -0.05) is 37.8 Å². The molecule has 0 amide bonds. The lowest BCUT2D eigenvalue weighted by atomic mass is 10.2. The van der Waals surface area contributed by atoms with Crippen molar-refractivity contribution in [3.8, 4) is 0 Å². The van der Waals surface area contributed by atoms with Crippen LogP contribution < -0.4 is 4.90 Å². The Morgan fingerprint density at radius 1 is 1.22 bits per heavy atom. The second-order valence-electron chi connectivity index (χ2n) is 4.35. The van der Waals surface area contributed by atoms with Crippen molar-refractivity contribution in [2.45, 2.75) is 32.6 Å². The van der Waals surface area contributed by atoms with Gasteiger partial charge in [0.25, 0.3) is 0 Å². The molecule has 3 nitrogen and oxygen atoms in total. The Labute approximate surface area is 113 Å². The fourth-order valence-corrected chi connectivity index (χ4v) is 1.97. The van der Waals surface area contributed by atoms with E-state index in [0.717, 1.165) is 25.1 Å². The Balaban J connectivity index is 2.59. The molecule has 0 bridgehead atoms. The van der Waals surface area contributed by atoms with Crippen LogP contribution in [0, 0.1) is 0 Å². The maximum Gasteiger partial charge on any atom is 0.323 e. The SMILES string of the molecule is CCCCCCN(CC(=O)O)c1ccc(Cl)cc1. The normalized spacial score (nSPS) is 10.3. The number of carboxylic acids is 1. The summed E-state index contributed by atoms with van der Waals surface area (Å²) in [6.45, 7) is 2.97. The van der Waals surface area contributed by atoms with Crippen molar-refractivity contribution in [1.29, 1.82) is 0 Å². The first-order valence-electron chi connectivity index (χ1n) is 6.35. The molecule has 0 unspecified atom stereocenters. The highest BCUT2D eigenvalue weighted by molar-refractivity contribution is 6.30. The van der Waals surface area contributed by atoms with Crippen molar-refractivity contribution in [2.75, 3.05) is 18.0 Å². The average molecular weight is 270 g/mol. The van der Waals surface area contributed by atoms with E-state index in [0.29, 0.717) is 5.02 Å². The highest BCUT2D eigenvalue weighted by Crippen LogP contribution is 2.18. The van der Waals surface area contributed by atoms with Gasteiger partial charge >= 0.3 is 5.97 Å². The van der Waals surface area contributed by atoms with Crippen LogP contribution in [0.25, 0.3) is 0 Å². The fourth-order valence-electron chi connectivity index (χ4n) is 1.84. The van der Waals surface area contributed by atoms with Crippen molar-refractivity contribution in [3.05, 3.63) is 29.3 Å². The third-order valence-corrected chi connectivity index (χ3v) is 3.05. The Morgan fingerprint density at radius 3 is 2.44 bits per heavy atom. The minimum atomic E-state index is -0.805. The number of hydrogen-bond acceptors (Lipinski definition) is 2. The largest absolute Gasteiger partial charge is 0.480 e. The van der Waals surface area contributed by atoms with Crippen LogP contribution >= 0.6 is 11.6 Å². The lowest BCUT2D eigenvalue weighted by Crippen LogP contribution is -2.30. The van der Waals surface area contributed by atoms with E-state index in [2.05, 4.69) is 6.92 Å². The molecule has 0 aliphatic carbocycles. The van der Waals surface area contributed by atoms with Gasteiger partial charge in [-0.05, 0) is 30.7 Å². The number of carbonyl (C=O) groups is 1. The standard InChI is InChI=1S/C14H20ClNO2/c1-2-3-4-5-10-16(11-14(17)18)13-8-6-12(15)7-9-13/h6-9H,2-5,10-11H2,1H3,(H,17,18). The average Bonchev–Trinajstić information content (AvgIpc) is 2.34. The Morgan fingerprint density at radius 2 is 1.89 bits per heavy atom. The zero-order valence-electron chi connectivity index (χ0n) is 10.7. The second-order valence-corrected chi connectivity index (χ2v) is 4.79. The van der Waals surface area contributed by atoms with E-state index >= 15 is 0 Å². The van der Waals surface area contributed by atoms with Crippen molar-refractivity contribution >= 4 is 23.3 Å². The summed E-state index contributed by atoms with van der Waals surface area (Å²) in [7, 11) is 0. The molecule has 0 aromatic heterocycles. The van der Waals surface area contributed by atoms with E-state index in [4.69, 9.17) is 16.7 Å². The van der Waals surface area contributed by atoms with Gasteiger partial charge in [0.2, 0.25) is 0 Å². The number of carboxylic acid groups (broad SMARTS) is 1. The molecule has 1 rings (SSSR count). The summed E-state index contributed by atoms with van der Waals surface area (Å²) in [4.78, 5) is 12.8. The summed E-state index contributed by atoms with van der Waals surface area (Å²) < 4.78 is 0. The Kier molecular flexibility index (Phi) is 6.58. The summed E-state index contributed by atoms with van der Waals surface area (Å²) in [6, 6.07) is 7.31. The van der Waals surface area contributed by atoms with Gasteiger partial charge in [-0.2, -0.15) is 0 Å². The maximum atomic E-state index is 10.9. The van der Waals surface area contributed by atoms with Crippen LogP contribution in [0.3, 0.4) is 0 Å². The number of unbranched alkanes of at least 4 members (excludes halogenated alkanes) is 3. The molecule has 1 aromatic carbocycles. The number of anilines is 1. The number of halogens is 1. The highest BCUT2D eigenvalue weighted by Gasteiger charge is 2.10. The quantitative estimate of drug-likeness (QED) is 0.730.